The number of fused-ring (bicyclic) bond motifs is 1. The predicted octanol–water partition coefficient (Wildman–Crippen LogP) is 5.49. The molecule has 23 heavy (non-hydrogen) atoms. The van der Waals surface area contributed by atoms with E-state index in [1.54, 1.807) is 6.20 Å². The van der Waals surface area contributed by atoms with E-state index in [1.807, 2.05) is 35.9 Å². The third-order valence-corrected chi connectivity index (χ3v) is 2.89. The van der Waals surface area contributed by atoms with Crippen LogP contribution in [0.25, 0.3) is 10.9 Å². The van der Waals surface area contributed by atoms with Gasteiger partial charge in [0.1, 0.15) is 12.6 Å². The average Bonchev–Trinajstić information content (AvgIpc) is 2.38. The van der Waals surface area contributed by atoms with Crippen LogP contribution in [0.15, 0.2) is 30.5 Å². The number of nitrogens with zero attached hydrogens (tertiary/aromatic N) is 1. The molecular weight excluding hydrogens is 371 g/mol. The summed E-state index contributed by atoms with van der Waals surface area (Å²) < 4.78 is 65.7. The Balaban J connectivity index is 0.000000322. The first-order valence-electron chi connectivity index (χ1n) is 5.81. The molecule has 11 heteroatoms. The van der Waals surface area contributed by atoms with Crippen LogP contribution in [0.3, 0.4) is 0 Å². The summed E-state index contributed by atoms with van der Waals surface area (Å²) >= 11 is 6.17. The van der Waals surface area contributed by atoms with Gasteiger partial charge >= 0.3 is 39.0 Å². The molecule has 0 N–H and O–H groups in total. The average molecular weight is 382 g/mol. The molecule has 0 fully saturated rings. The number of carbonyl (C=O) groups is 1. The van der Waals surface area contributed by atoms with Crippen molar-refractivity contribution in [2.45, 2.75) is 0 Å². The number of hydrogen-bond acceptors (Lipinski definition) is 2. The first-order valence-corrected chi connectivity index (χ1v) is 8.22. The zero-order valence-corrected chi connectivity index (χ0v) is 13.4. The molecular formula is C12H11ClF6NO2P. The third-order valence-electron chi connectivity index (χ3n) is 2.49. The molecule has 0 radical (unpaired) electrons. The van der Waals surface area contributed by atoms with Gasteiger partial charge in [0, 0.05) is 6.07 Å². The van der Waals surface area contributed by atoms with Crippen molar-refractivity contribution in [1.29, 1.82) is 0 Å². The molecule has 2 aromatic rings. The molecule has 0 aliphatic heterocycles. The van der Waals surface area contributed by atoms with Gasteiger partial charge in [-0.15, -0.1) is 0 Å². The number of carbonyl (C=O) groups excluding carboxylic acids is 1. The Morgan fingerprint density at radius 3 is 2.09 bits per heavy atom. The Kier molecular flexibility index (Phi) is 4.64. The van der Waals surface area contributed by atoms with Crippen molar-refractivity contribution in [1.82, 2.24) is 0 Å². The van der Waals surface area contributed by atoms with Crippen molar-refractivity contribution in [2.24, 2.45) is 7.05 Å². The molecule has 0 spiro atoms. The molecule has 0 aliphatic carbocycles. The molecule has 1 aromatic carbocycles. The molecule has 0 saturated carbocycles. The second kappa shape index (κ2) is 5.49. The molecule has 1 heterocycles. The second-order valence-electron chi connectivity index (χ2n) is 4.43. The summed E-state index contributed by atoms with van der Waals surface area (Å²) in [6, 6.07) is 7.64. The van der Waals surface area contributed by atoms with Gasteiger partial charge in [0.05, 0.1) is 17.5 Å². The maximum absolute atomic E-state index is 11.5. The predicted molar refractivity (Wildman–Crippen MR) is 75.0 cm³/mol. The number of benzene rings is 1. The van der Waals surface area contributed by atoms with E-state index in [1.165, 1.54) is 7.11 Å². The fourth-order valence-corrected chi connectivity index (χ4v) is 1.97. The van der Waals surface area contributed by atoms with E-state index in [-0.39, 0.29) is 0 Å². The molecule has 0 aliphatic rings. The minimum atomic E-state index is -10.7. The van der Waals surface area contributed by atoms with E-state index >= 15 is 0 Å². The number of halogens is 7. The standard InChI is InChI=1S/C12H11ClNO2.F6P/c1-14-7-9(12(15)16-2)11(13)8-5-3-4-6-10(8)14;1-7(2,3,4,5)6/h3-7H,1-2H3;/q+1;-1. The number of methoxy groups -OCH3 is 1. The number of ether oxygens (including phenoxy) is 1. The van der Waals surface area contributed by atoms with Crippen molar-refractivity contribution in [3.8, 4) is 0 Å². The van der Waals surface area contributed by atoms with Crippen molar-refractivity contribution in [2.75, 3.05) is 7.11 Å². The van der Waals surface area contributed by atoms with E-state index in [0.717, 1.165) is 10.9 Å². The number of pyridine rings is 1. The van der Waals surface area contributed by atoms with Gasteiger partial charge in [-0.1, -0.05) is 23.7 Å². The van der Waals surface area contributed by atoms with Crippen LogP contribution in [0.5, 0.6) is 0 Å². The van der Waals surface area contributed by atoms with E-state index in [4.69, 9.17) is 11.6 Å². The molecule has 0 saturated heterocycles. The fraction of sp³-hybridized carbons (Fsp3) is 0.167. The number of para-hydroxylation sites is 1. The number of esters is 1. The van der Waals surface area contributed by atoms with Crippen LogP contribution in [0, 0.1) is 0 Å². The zero-order chi connectivity index (χ0) is 18.1. The van der Waals surface area contributed by atoms with Crippen molar-refractivity contribution in [3.05, 3.63) is 41.0 Å². The van der Waals surface area contributed by atoms with Crippen LogP contribution in [-0.4, -0.2) is 13.1 Å². The summed E-state index contributed by atoms with van der Waals surface area (Å²) in [4.78, 5) is 11.5. The first-order chi connectivity index (χ1) is 10.1. The van der Waals surface area contributed by atoms with E-state index in [0.29, 0.717) is 10.6 Å². The minimum absolute atomic E-state index is 0.380. The molecule has 0 bridgehead atoms. The van der Waals surface area contributed by atoms with Crippen molar-refractivity contribution in [3.63, 3.8) is 0 Å². The summed E-state index contributed by atoms with van der Waals surface area (Å²) in [6.07, 6.45) is 1.68. The number of aryl methyl sites for hydroxylation is 1. The molecule has 130 valence electrons. The van der Waals surface area contributed by atoms with Crippen LogP contribution in [0.4, 0.5) is 25.2 Å². The van der Waals surface area contributed by atoms with E-state index in [9.17, 15) is 30.0 Å². The van der Waals surface area contributed by atoms with Crippen LogP contribution >= 0.6 is 19.4 Å². The Labute approximate surface area is 131 Å². The van der Waals surface area contributed by atoms with Crippen LogP contribution in [0.2, 0.25) is 5.02 Å². The van der Waals surface area contributed by atoms with Gasteiger partial charge in [-0.3, -0.25) is 0 Å². The summed E-state index contributed by atoms with van der Waals surface area (Å²) in [5, 5.41) is 1.27. The Bertz CT molecular complexity index is 752. The van der Waals surface area contributed by atoms with Gasteiger partial charge < -0.3 is 4.74 Å². The molecule has 0 atom stereocenters. The van der Waals surface area contributed by atoms with Gasteiger partial charge in [0.25, 0.3) is 0 Å². The van der Waals surface area contributed by atoms with Crippen LogP contribution < -0.4 is 4.57 Å². The summed E-state index contributed by atoms with van der Waals surface area (Å²) in [5.74, 6) is -0.425. The van der Waals surface area contributed by atoms with Crippen LogP contribution in [-0.2, 0) is 11.8 Å². The van der Waals surface area contributed by atoms with Gasteiger partial charge in [-0.2, -0.15) is 0 Å². The first kappa shape index (κ1) is 19.4. The third kappa shape index (κ3) is 7.00. The quantitative estimate of drug-likeness (QED) is 0.283. The Morgan fingerprint density at radius 2 is 1.61 bits per heavy atom. The monoisotopic (exact) mass is 381 g/mol. The number of rotatable bonds is 1. The molecule has 0 unspecified atom stereocenters. The molecule has 3 nitrogen and oxygen atoms in total. The molecule has 0 amide bonds. The van der Waals surface area contributed by atoms with E-state index < -0.39 is 13.8 Å². The number of hydrogen-bond donors (Lipinski definition) is 0. The van der Waals surface area contributed by atoms with Gasteiger partial charge in [0.2, 0.25) is 5.52 Å². The number of aromatic nitrogens is 1. The second-order valence-corrected chi connectivity index (χ2v) is 6.73. The zero-order valence-electron chi connectivity index (χ0n) is 11.7. The summed E-state index contributed by atoms with van der Waals surface area (Å²) in [6.45, 7) is 0. The van der Waals surface area contributed by atoms with Gasteiger partial charge in [-0.25, -0.2) is 9.36 Å². The Morgan fingerprint density at radius 1 is 1.13 bits per heavy atom. The van der Waals surface area contributed by atoms with Crippen LogP contribution in [0.1, 0.15) is 10.4 Å². The molecule has 1 aromatic heterocycles. The van der Waals surface area contributed by atoms with Gasteiger partial charge in [-0.05, 0) is 6.07 Å². The molecule has 2 rings (SSSR count). The van der Waals surface area contributed by atoms with Crippen molar-refractivity contribution >= 4 is 36.3 Å². The van der Waals surface area contributed by atoms with E-state index in [2.05, 4.69) is 4.74 Å². The topological polar surface area (TPSA) is 30.2 Å². The SMILES string of the molecule is COC(=O)c1c[n+](C)c2ccccc2c1Cl.F[P-](F)(F)(F)(F)F. The summed E-state index contributed by atoms with van der Waals surface area (Å²) in [7, 11) is -7.45. The Hall–Kier alpha value is -1.60. The summed E-state index contributed by atoms with van der Waals surface area (Å²) in [5.41, 5.74) is 1.35. The van der Waals surface area contributed by atoms with Gasteiger partial charge in [0.15, 0.2) is 6.20 Å². The van der Waals surface area contributed by atoms with Crippen molar-refractivity contribution < 1.29 is 39.3 Å². The fourth-order valence-electron chi connectivity index (χ4n) is 1.68. The normalized spacial score (nSPS) is 14.3. The maximum atomic E-state index is 11.5.